The monoisotopic (exact) mass is 223 g/mol. The van der Waals surface area contributed by atoms with Crippen LogP contribution in [0.4, 0.5) is 0 Å². The Kier molecular flexibility index (Phi) is 2.55. The molecule has 0 amide bonds. The molecular formula is C10H9NO3S. The van der Waals surface area contributed by atoms with E-state index in [0.717, 1.165) is 4.88 Å². The van der Waals surface area contributed by atoms with Gasteiger partial charge in [-0.2, -0.15) is 4.37 Å². The van der Waals surface area contributed by atoms with Gasteiger partial charge < -0.3 is 9.15 Å². The van der Waals surface area contributed by atoms with E-state index in [4.69, 9.17) is 9.15 Å². The quantitative estimate of drug-likeness (QED) is 0.750. The van der Waals surface area contributed by atoms with Crippen molar-refractivity contribution in [2.75, 3.05) is 7.11 Å². The molecule has 0 aliphatic rings. The van der Waals surface area contributed by atoms with Crippen molar-refractivity contribution in [1.29, 1.82) is 0 Å². The molecule has 2 aromatic rings. The molecule has 0 saturated carbocycles. The predicted molar refractivity (Wildman–Crippen MR) is 56.4 cm³/mol. The van der Waals surface area contributed by atoms with Crippen LogP contribution in [0.3, 0.4) is 0 Å². The molecule has 0 unspecified atom stereocenters. The maximum absolute atomic E-state index is 11.0. The maximum Gasteiger partial charge on any atom is 0.225 e. The van der Waals surface area contributed by atoms with Gasteiger partial charge in [0, 0.05) is 13.0 Å². The highest BCUT2D eigenvalue weighted by molar-refractivity contribution is 7.09. The standard InChI is InChI=1S/C10H9NO3S/c1-6(12)7-3-4-8(14-7)9-5-10(13-2)11-15-9/h3-5H,1-2H3. The normalized spacial score (nSPS) is 10.3. The summed E-state index contributed by atoms with van der Waals surface area (Å²) in [6, 6.07) is 5.18. The van der Waals surface area contributed by atoms with Crippen LogP contribution in [0.15, 0.2) is 22.6 Å². The van der Waals surface area contributed by atoms with Gasteiger partial charge in [0.05, 0.1) is 12.0 Å². The predicted octanol–water partition coefficient (Wildman–Crippen LogP) is 2.61. The van der Waals surface area contributed by atoms with Crippen molar-refractivity contribution in [2.45, 2.75) is 6.92 Å². The van der Waals surface area contributed by atoms with Gasteiger partial charge in [0.15, 0.2) is 11.5 Å². The Bertz CT molecular complexity index is 486. The van der Waals surface area contributed by atoms with E-state index >= 15 is 0 Å². The molecule has 15 heavy (non-hydrogen) atoms. The van der Waals surface area contributed by atoms with E-state index in [2.05, 4.69) is 4.37 Å². The van der Waals surface area contributed by atoms with Gasteiger partial charge >= 0.3 is 0 Å². The molecule has 0 N–H and O–H groups in total. The largest absolute Gasteiger partial charge is 0.480 e. The van der Waals surface area contributed by atoms with Crippen LogP contribution in [0, 0.1) is 0 Å². The smallest absolute Gasteiger partial charge is 0.225 e. The molecule has 0 bridgehead atoms. The van der Waals surface area contributed by atoms with Crippen LogP contribution < -0.4 is 4.74 Å². The summed E-state index contributed by atoms with van der Waals surface area (Å²) >= 11 is 1.27. The van der Waals surface area contributed by atoms with Crippen molar-refractivity contribution in [3.05, 3.63) is 24.0 Å². The number of Topliss-reactive ketones (excluding diaryl/α,β-unsaturated/α-hetero) is 1. The maximum atomic E-state index is 11.0. The van der Waals surface area contributed by atoms with Crippen molar-refractivity contribution in [3.8, 4) is 16.5 Å². The first kappa shape index (κ1) is 9.92. The molecule has 0 aliphatic heterocycles. The Morgan fingerprint density at radius 2 is 2.33 bits per heavy atom. The van der Waals surface area contributed by atoms with Crippen LogP contribution in [0.2, 0.25) is 0 Å². The van der Waals surface area contributed by atoms with Gasteiger partial charge in [-0.15, -0.1) is 0 Å². The van der Waals surface area contributed by atoms with Crippen LogP contribution in [-0.2, 0) is 0 Å². The lowest BCUT2D eigenvalue weighted by Crippen LogP contribution is -1.85. The molecule has 4 nitrogen and oxygen atoms in total. The number of ether oxygens (including phenoxy) is 1. The van der Waals surface area contributed by atoms with E-state index in [0.29, 0.717) is 17.4 Å². The number of hydrogen-bond donors (Lipinski definition) is 0. The van der Waals surface area contributed by atoms with Crippen molar-refractivity contribution in [3.63, 3.8) is 0 Å². The number of rotatable bonds is 3. The second-order valence-electron chi connectivity index (χ2n) is 2.95. The van der Waals surface area contributed by atoms with Gasteiger partial charge in [-0.3, -0.25) is 4.79 Å². The third kappa shape index (κ3) is 1.92. The van der Waals surface area contributed by atoms with E-state index in [1.165, 1.54) is 18.5 Å². The number of carbonyl (C=O) groups excluding carboxylic acids is 1. The van der Waals surface area contributed by atoms with Crippen molar-refractivity contribution in [2.24, 2.45) is 0 Å². The van der Waals surface area contributed by atoms with Crippen LogP contribution in [-0.4, -0.2) is 17.3 Å². The Hall–Kier alpha value is -1.62. The van der Waals surface area contributed by atoms with Gasteiger partial charge in [0.2, 0.25) is 5.88 Å². The zero-order valence-corrected chi connectivity index (χ0v) is 9.13. The van der Waals surface area contributed by atoms with Crippen molar-refractivity contribution in [1.82, 2.24) is 4.37 Å². The molecule has 0 saturated heterocycles. The minimum atomic E-state index is -0.0854. The van der Waals surface area contributed by atoms with E-state index in [-0.39, 0.29) is 5.78 Å². The van der Waals surface area contributed by atoms with E-state index in [9.17, 15) is 4.79 Å². The average molecular weight is 223 g/mol. The third-order valence-corrected chi connectivity index (χ3v) is 2.68. The first-order valence-electron chi connectivity index (χ1n) is 4.32. The SMILES string of the molecule is COc1cc(-c2ccc(C(C)=O)o2)sn1. The third-order valence-electron chi connectivity index (χ3n) is 1.89. The summed E-state index contributed by atoms with van der Waals surface area (Å²) in [5, 5.41) is 0. The number of carbonyl (C=O) groups is 1. The van der Waals surface area contributed by atoms with Gasteiger partial charge in [-0.05, 0) is 23.7 Å². The highest BCUT2D eigenvalue weighted by Gasteiger charge is 2.11. The van der Waals surface area contributed by atoms with Crippen molar-refractivity contribution >= 4 is 17.3 Å². The number of nitrogens with zero attached hydrogens (tertiary/aromatic N) is 1. The summed E-state index contributed by atoms with van der Waals surface area (Å²) < 4.78 is 14.4. The summed E-state index contributed by atoms with van der Waals surface area (Å²) in [6.45, 7) is 1.47. The Balaban J connectivity index is 2.32. The van der Waals surface area contributed by atoms with Gasteiger partial charge in [-0.1, -0.05) is 0 Å². The summed E-state index contributed by atoms with van der Waals surface area (Å²) in [5.41, 5.74) is 0. The first-order valence-corrected chi connectivity index (χ1v) is 5.10. The molecule has 5 heteroatoms. The minimum absolute atomic E-state index is 0.0854. The summed E-state index contributed by atoms with van der Waals surface area (Å²) in [7, 11) is 1.56. The fourth-order valence-electron chi connectivity index (χ4n) is 1.13. The lowest BCUT2D eigenvalue weighted by Gasteiger charge is -1.89. The topological polar surface area (TPSA) is 52.3 Å². The Labute approximate surface area is 90.7 Å². The molecular weight excluding hydrogens is 214 g/mol. The molecule has 78 valence electrons. The first-order chi connectivity index (χ1) is 7.20. The van der Waals surface area contributed by atoms with E-state index in [1.54, 1.807) is 25.3 Å². The van der Waals surface area contributed by atoms with Gasteiger partial charge in [-0.25, -0.2) is 0 Å². The number of ketones is 1. The molecule has 0 radical (unpaired) electrons. The molecule has 2 rings (SSSR count). The Morgan fingerprint density at radius 1 is 1.53 bits per heavy atom. The zero-order chi connectivity index (χ0) is 10.8. The number of furan rings is 1. The van der Waals surface area contributed by atoms with Crippen LogP contribution in [0.1, 0.15) is 17.5 Å². The van der Waals surface area contributed by atoms with Crippen LogP contribution in [0.5, 0.6) is 5.88 Å². The molecule has 2 aromatic heterocycles. The molecule has 0 spiro atoms. The van der Waals surface area contributed by atoms with Gasteiger partial charge in [0.1, 0.15) is 5.76 Å². The molecule has 0 fully saturated rings. The fraction of sp³-hybridized carbons (Fsp3) is 0.200. The zero-order valence-electron chi connectivity index (χ0n) is 8.31. The number of aromatic nitrogens is 1. The van der Waals surface area contributed by atoms with Crippen molar-refractivity contribution < 1.29 is 13.9 Å². The minimum Gasteiger partial charge on any atom is -0.480 e. The highest BCUT2D eigenvalue weighted by atomic mass is 32.1. The van der Waals surface area contributed by atoms with Crippen LogP contribution >= 0.6 is 11.5 Å². The molecule has 2 heterocycles. The summed E-state index contributed by atoms with van der Waals surface area (Å²) in [6.07, 6.45) is 0. The fourth-order valence-corrected chi connectivity index (χ4v) is 1.80. The molecule has 0 aliphatic carbocycles. The van der Waals surface area contributed by atoms with Gasteiger partial charge in [0.25, 0.3) is 0 Å². The lowest BCUT2D eigenvalue weighted by molar-refractivity contribution is 0.0988. The van der Waals surface area contributed by atoms with E-state index < -0.39 is 0 Å². The Morgan fingerprint density at radius 3 is 2.87 bits per heavy atom. The summed E-state index contributed by atoms with van der Waals surface area (Å²) in [4.78, 5) is 11.9. The van der Waals surface area contributed by atoms with Crippen LogP contribution in [0.25, 0.3) is 10.6 Å². The average Bonchev–Trinajstić information content (AvgIpc) is 2.86. The lowest BCUT2D eigenvalue weighted by atomic mass is 10.3. The second kappa shape index (κ2) is 3.86. The highest BCUT2D eigenvalue weighted by Crippen LogP contribution is 2.29. The molecule has 0 atom stereocenters. The number of hydrogen-bond acceptors (Lipinski definition) is 5. The second-order valence-corrected chi connectivity index (χ2v) is 3.76. The molecule has 0 aromatic carbocycles. The summed E-state index contributed by atoms with van der Waals surface area (Å²) in [5.74, 6) is 1.46. The number of methoxy groups -OCH3 is 1. The van der Waals surface area contributed by atoms with E-state index in [1.807, 2.05) is 0 Å².